The van der Waals surface area contributed by atoms with Crippen molar-refractivity contribution in [3.63, 3.8) is 0 Å². The lowest BCUT2D eigenvalue weighted by Gasteiger charge is -2.41. The average Bonchev–Trinajstić information content (AvgIpc) is 2.30. The number of Topliss-reactive ketones (excluding diaryl/α,β-unsaturated/α-hetero) is 1. The van der Waals surface area contributed by atoms with Crippen molar-refractivity contribution in [2.24, 2.45) is 5.92 Å². The number of hydrogen-bond acceptors (Lipinski definition) is 5. The van der Waals surface area contributed by atoms with Crippen LogP contribution in [0.3, 0.4) is 0 Å². The minimum absolute atomic E-state index is 0.0822. The number of ketones is 1. The number of likely N-dealkylation sites (tertiary alicyclic amines) is 1. The summed E-state index contributed by atoms with van der Waals surface area (Å²) in [6.45, 7) is 5.86. The van der Waals surface area contributed by atoms with E-state index in [1.165, 1.54) is 14.2 Å². The molecule has 1 aliphatic heterocycles. The Morgan fingerprint density at radius 3 is 2.59 bits per heavy atom. The summed E-state index contributed by atoms with van der Waals surface area (Å²) in [6, 6.07) is 0. The van der Waals surface area contributed by atoms with Crippen LogP contribution in [-0.2, 0) is 14.3 Å². The van der Waals surface area contributed by atoms with E-state index in [0.29, 0.717) is 13.0 Å². The largest absolute Gasteiger partial charge is 0.384 e. The predicted octanol–water partition coefficient (Wildman–Crippen LogP) is 0.267. The van der Waals surface area contributed by atoms with Gasteiger partial charge in [0.2, 0.25) is 0 Å². The van der Waals surface area contributed by atoms with Gasteiger partial charge in [0.1, 0.15) is 11.4 Å². The fraction of sp³-hybridized carbons (Fsp3) is 0.917. The van der Waals surface area contributed by atoms with Gasteiger partial charge in [-0.15, -0.1) is 0 Å². The van der Waals surface area contributed by atoms with E-state index in [-0.39, 0.29) is 5.78 Å². The van der Waals surface area contributed by atoms with Crippen LogP contribution in [0.5, 0.6) is 0 Å². The third-order valence-corrected chi connectivity index (χ3v) is 3.56. The monoisotopic (exact) mass is 245 g/mol. The number of methoxy groups -OCH3 is 2. The van der Waals surface area contributed by atoms with Crippen molar-refractivity contribution in [3.8, 4) is 0 Å². The standard InChI is InChI=1S/C12H23NO4/c1-5-13-7-6-10(14)9(8-13)12(2,15)11(16-3)17-4/h9,11,15H,5-8H2,1-4H3. The summed E-state index contributed by atoms with van der Waals surface area (Å²) in [6.07, 6.45) is -0.303. The van der Waals surface area contributed by atoms with Gasteiger partial charge in [0.05, 0.1) is 5.92 Å². The van der Waals surface area contributed by atoms with Gasteiger partial charge < -0.3 is 19.5 Å². The summed E-state index contributed by atoms with van der Waals surface area (Å²) < 4.78 is 10.2. The van der Waals surface area contributed by atoms with Gasteiger partial charge in [-0.1, -0.05) is 6.92 Å². The molecule has 0 aliphatic carbocycles. The van der Waals surface area contributed by atoms with Crippen LogP contribution in [0.4, 0.5) is 0 Å². The molecule has 0 spiro atoms. The smallest absolute Gasteiger partial charge is 0.186 e. The molecule has 17 heavy (non-hydrogen) atoms. The maximum absolute atomic E-state index is 11.9. The highest BCUT2D eigenvalue weighted by Crippen LogP contribution is 2.29. The quantitative estimate of drug-likeness (QED) is 0.704. The molecule has 1 fully saturated rings. The Kier molecular flexibility index (Phi) is 5.06. The van der Waals surface area contributed by atoms with Crippen LogP contribution < -0.4 is 0 Å². The second kappa shape index (κ2) is 5.91. The number of nitrogens with zero attached hydrogens (tertiary/aromatic N) is 1. The van der Waals surface area contributed by atoms with Gasteiger partial charge in [-0.05, 0) is 13.5 Å². The minimum Gasteiger partial charge on any atom is -0.384 e. The highest BCUT2D eigenvalue weighted by Gasteiger charge is 2.46. The lowest BCUT2D eigenvalue weighted by atomic mass is 9.81. The highest BCUT2D eigenvalue weighted by molar-refractivity contribution is 5.83. The summed E-state index contributed by atoms with van der Waals surface area (Å²) in [7, 11) is 2.93. The molecule has 2 atom stereocenters. The Hall–Kier alpha value is -0.490. The molecule has 1 saturated heterocycles. The summed E-state index contributed by atoms with van der Waals surface area (Å²) >= 11 is 0. The fourth-order valence-electron chi connectivity index (χ4n) is 2.43. The summed E-state index contributed by atoms with van der Waals surface area (Å²) in [5, 5.41) is 10.5. The molecule has 5 heteroatoms. The first kappa shape index (κ1) is 14.6. The third-order valence-electron chi connectivity index (χ3n) is 3.56. The zero-order chi connectivity index (χ0) is 13.1. The molecule has 1 N–H and O–H groups in total. The van der Waals surface area contributed by atoms with Crippen LogP contribution in [0, 0.1) is 5.92 Å². The molecular formula is C12H23NO4. The molecule has 0 aromatic heterocycles. The Balaban J connectivity index is 2.83. The van der Waals surface area contributed by atoms with E-state index >= 15 is 0 Å². The van der Waals surface area contributed by atoms with E-state index < -0.39 is 17.8 Å². The molecular weight excluding hydrogens is 222 g/mol. The predicted molar refractivity (Wildman–Crippen MR) is 63.7 cm³/mol. The van der Waals surface area contributed by atoms with Crippen molar-refractivity contribution >= 4 is 5.78 Å². The van der Waals surface area contributed by atoms with E-state index in [1.807, 2.05) is 6.92 Å². The van der Waals surface area contributed by atoms with Crippen LogP contribution in [0.15, 0.2) is 0 Å². The van der Waals surface area contributed by atoms with Crippen molar-refractivity contribution < 1.29 is 19.4 Å². The Morgan fingerprint density at radius 1 is 1.53 bits per heavy atom. The number of rotatable bonds is 5. The molecule has 0 aromatic carbocycles. The Morgan fingerprint density at radius 2 is 2.12 bits per heavy atom. The SMILES string of the molecule is CCN1CCC(=O)C(C(C)(O)C(OC)OC)C1. The Bertz CT molecular complexity index is 263. The maximum Gasteiger partial charge on any atom is 0.186 e. The first-order chi connectivity index (χ1) is 7.97. The number of ether oxygens (including phenoxy) is 2. The van der Waals surface area contributed by atoms with E-state index in [0.717, 1.165) is 13.1 Å². The fourth-order valence-corrected chi connectivity index (χ4v) is 2.43. The second-order valence-electron chi connectivity index (χ2n) is 4.69. The molecule has 1 rings (SSSR count). The van der Waals surface area contributed by atoms with Crippen molar-refractivity contribution in [1.29, 1.82) is 0 Å². The first-order valence-electron chi connectivity index (χ1n) is 6.00. The number of carbonyl (C=O) groups is 1. The molecule has 0 radical (unpaired) electrons. The van der Waals surface area contributed by atoms with Crippen molar-refractivity contribution in [2.45, 2.75) is 32.2 Å². The topological polar surface area (TPSA) is 59.0 Å². The van der Waals surface area contributed by atoms with Crippen LogP contribution in [0.1, 0.15) is 20.3 Å². The molecule has 1 heterocycles. The van der Waals surface area contributed by atoms with Crippen LogP contribution >= 0.6 is 0 Å². The van der Waals surface area contributed by atoms with Gasteiger partial charge >= 0.3 is 0 Å². The van der Waals surface area contributed by atoms with Crippen LogP contribution in [0.2, 0.25) is 0 Å². The number of carbonyl (C=O) groups excluding carboxylic acids is 1. The lowest BCUT2D eigenvalue weighted by molar-refractivity contribution is -0.229. The molecule has 0 aromatic rings. The zero-order valence-corrected chi connectivity index (χ0v) is 11.1. The van der Waals surface area contributed by atoms with Crippen molar-refractivity contribution in [3.05, 3.63) is 0 Å². The molecule has 0 amide bonds. The van der Waals surface area contributed by atoms with Crippen molar-refractivity contribution in [1.82, 2.24) is 4.90 Å². The van der Waals surface area contributed by atoms with E-state index in [2.05, 4.69) is 4.90 Å². The van der Waals surface area contributed by atoms with Gasteiger partial charge in [-0.3, -0.25) is 4.79 Å². The molecule has 100 valence electrons. The summed E-state index contributed by atoms with van der Waals surface area (Å²) in [4.78, 5) is 14.1. The summed E-state index contributed by atoms with van der Waals surface area (Å²) in [5.41, 5.74) is -1.30. The maximum atomic E-state index is 11.9. The third kappa shape index (κ3) is 3.04. The molecule has 1 aliphatic rings. The first-order valence-corrected chi connectivity index (χ1v) is 6.00. The van der Waals surface area contributed by atoms with Gasteiger partial charge in [0.25, 0.3) is 0 Å². The Labute approximate surface area is 103 Å². The van der Waals surface area contributed by atoms with Gasteiger partial charge in [-0.2, -0.15) is 0 Å². The van der Waals surface area contributed by atoms with Crippen LogP contribution in [0.25, 0.3) is 0 Å². The van der Waals surface area contributed by atoms with Gasteiger partial charge in [-0.25, -0.2) is 0 Å². The minimum atomic E-state index is -1.30. The van der Waals surface area contributed by atoms with E-state index in [1.54, 1.807) is 6.92 Å². The summed E-state index contributed by atoms with van der Waals surface area (Å²) in [5.74, 6) is -0.375. The van der Waals surface area contributed by atoms with E-state index in [9.17, 15) is 9.90 Å². The molecule has 5 nitrogen and oxygen atoms in total. The van der Waals surface area contributed by atoms with E-state index in [4.69, 9.17) is 9.47 Å². The average molecular weight is 245 g/mol. The second-order valence-corrected chi connectivity index (χ2v) is 4.69. The van der Waals surface area contributed by atoms with Crippen molar-refractivity contribution in [2.75, 3.05) is 33.9 Å². The highest BCUT2D eigenvalue weighted by atomic mass is 16.7. The number of aliphatic hydroxyl groups is 1. The molecule has 2 unspecified atom stereocenters. The van der Waals surface area contributed by atoms with Gasteiger partial charge in [0.15, 0.2) is 6.29 Å². The van der Waals surface area contributed by atoms with Gasteiger partial charge in [0, 0.05) is 33.7 Å². The molecule has 0 saturated carbocycles. The lowest BCUT2D eigenvalue weighted by Crippen LogP contribution is -2.57. The van der Waals surface area contributed by atoms with Crippen LogP contribution in [-0.4, -0.2) is 61.5 Å². The molecule has 0 bridgehead atoms. The number of hydrogen-bond donors (Lipinski definition) is 1. The zero-order valence-electron chi connectivity index (χ0n) is 11.1. The normalized spacial score (nSPS) is 26.2. The number of piperidine rings is 1.